The summed E-state index contributed by atoms with van der Waals surface area (Å²) in [6.07, 6.45) is 24.9. The fourth-order valence-electron chi connectivity index (χ4n) is 7.61. The summed E-state index contributed by atoms with van der Waals surface area (Å²) in [5, 5.41) is 0.820. The van der Waals surface area contributed by atoms with E-state index in [4.69, 9.17) is 11.6 Å². The first-order valence-corrected chi connectivity index (χ1v) is 16.5. The number of rotatable bonds is 11. The second-order valence-electron chi connectivity index (χ2n) is 13.0. The van der Waals surface area contributed by atoms with Crippen LogP contribution in [0, 0.1) is 0 Å². The van der Waals surface area contributed by atoms with Crippen molar-refractivity contribution in [3.8, 4) is 0 Å². The molecule has 0 N–H and O–H groups in total. The Labute approximate surface area is 249 Å². The molecule has 2 aromatic rings. The van der Waals surface area contributed by atoms with Gasteiger partial charge in [-0.25, -0.2) is 0 Å². The third-order valence-electron chi connectivity index (χ3n) is 10.5. The molecule has 1 fully saturated rings. The first-order valence-electron chi connectivity index (χ1n) is 16.1. The highest BCUT2D eigenvalue weighted by Gasteiger charge is 2.47. The molecule has 1 spiro atoms. The van der Waals surface area contributed by atoms with Gasteiger partial charge in [0.05, 0.1) is 0 Å². The molecule has 0 bridgehead atoms. The molecule has 0 amide bonds. The molecule has 1 nitrogen and oxygen atoms in total. The van der Waals surface area contributed by atoms with Gasteiger partial charge in [0.1, 0.15) is 0 Å². The van der Waals surface area contributed by atoms with Gasteiger partial charge in [0.25, 0.3) is 0 Å². The van der Waals surface area contributed by atoms with E-state index in [0.717, 1.165) is 5.02 Å². The molecule has 214 valence electrons. The van der Waals surface area contributed by atoms with Crippen LogP contribution in [-0.2, 0) is 11.8 Å². The smallest absolute Gasteiger partial charge is 0.0426 e. The van der Waals surface area contributed by atoms with Crippen LogP contribution in [0.4, 0.5) is 5.69 Å². The van der Waals surface area contributed by atoms with Gasteiger partial charge < -0.3 is 4.90 Å². The van der Waals surface area contributed by atoms with E-state index in [1.165, 1.54) is 107 Å². The topological polar surface area (TPSA) is 3.24 Å². The number of nitrogens with zero attached hydrogens (tertiary/aromatic N) is 1. The molecule has 5 rings (SSSR count). The number of aryl methyl sites for hydroxylation is 1. The van der Waals surface area contributed by atoms with Gasteiger partial charge in [-0.15, -0.1) is 0 Å². The maximum atomic E-state index is 6.37. The Hall–Kier alpha value is -2.25. The van der Waals surface area contributed by atoms with Gasteiger partial charge in [-0.2, -0.15) is 0 Å². The molecule has 0 saturated heterocycles. The molecule has 0 aromatic heterocycles. The first kappa shape index (κ1) is 29.2. The van der Waals surface area contributed by atoms with Gasteiger partial charge in [0, 0.05) is 28.7 Å². The van der Waals surface area contributed by atoms with Crippen molar-refractivity contribution in [3.05, 3.63) is 93.0 Å². The Morgan fingerprint density at radius 1 is 0.825 bits per heavy atom. The maximum Gasteiger partial charge on any atom is 0.0426 e. The van der Waals surface area contributed by atoms with E-state index >= 15 is 0 Å². The molecule has 2 heteroatoms. The van der Waals surface area contributed by atoms with E-state index in [9.17, 15) is 0 Å². The summed E-state index contributed by atoms with van der Waals surface area (Å²) < 4.78 is 0. The molecule has 0 aliphatic heterocycles. The minimum Gasteiger partial charge on any atom is -0.369 e. The first-order chi connectivity index (χ1) is 19.4. The van der Waals surface area contributed by atoms with Crippen molar-refractivity contribution in [1.29, 1.82) is 0 Å². The highest BCUT2D eigenvalue weighted by Crippen LogP contribution is 2.55. The number of anilines is 1. The minimum absolute atomic E-state index is 0.143. The largest absolute Gasteiger partial charge is 0.369 e. The second kappa shape index (κ2) is 12.7. The van der Waals surface area contributed by atoms with Crippen LogP contribution in [0.3, 0.4) is 0 Å². The zero-order chi connectivity index (χ0) is 28.2. The standard InChI is InChI=1S/C38H50ClN/c1-5-11-31-20-21-32-27-33(13-9-7-8-12-30-18-16-29(6-2)17-19-30)38(36(32)26-31)24-22-37(3,23-25-38)40(4)35-15-10-14-34(39)28-35/h10,14-16,18,20-21,26-28H,5-9,11-13,17,19,22-25H2,1-4H3. The number of hydrogen-bond donors (Lipinski definition) is 0. The lowest BCUT2D eigenvalue weighted by molar-refractivity contribution is 0.231. The normalized spacial score (nSPS) is 24.0. The lowest BCUT2D eigenvalue weighted by Gasteiger charge is -2.50. The molecule has 1 saturated carbocycles. The summed E-state index contributed by atoms with van der Waals surface area (Å²) >= 11 is 6.37. The highest BCUT2D eigenvalue weighted by atomic mass is 35.5. The van der Waals surface area contributed by atoms with Gasteiger partial charge in [0.2, 0.25) is 0 Å². The number of halogens is 1. The summed E-state index contributed by atoms with van der Waals surface area (Å²) in [5.74, 6) is 0. The third kappa shape index (κ3) is 6.15. The van der Waals surface area contributed by atoms with E-state index in [-0.39, 0.29) is 11.0 Å². The quantitative estimate of drug-likeness (QED) is 0.249. The number of fused-ring (bicyclic) bond motifs is 2. The number of allylic oxidation sites excluding steroid dienone is 5. The second-order valence-corrected chi connectivity index (χ2v) is 13.5. The minimum atomic E-state index is 0.143. The molecule has 3 aliphatic rings. The Bertz CT molecular complexity index is 1270. The van der Waals surface area contributed by atoms with Crippen molar-refractivity contribution in [2.45, 2.75) is 122 Å². The summed E-state index contributed by atoms with van der Waals surface area (Å²) in [6, 6.07) is 15.8. The van der Waals surface area contributed by atoms with E-state index in [2.05, 4.69) is 87.3 Å². The predicted molar refractivity (Wildman–Crippen MR) is 176 cm³/mol. The van der Waals surface area contributed by atoms with Crippen molar-refractivity contribution in [3.63, 3.8) is 0 Å². The van der Waals surface area contributed by atoms with Crippen LogP contribution in [0.15, 0.2) is 71.3 Å². The van der Waals surface area contributed by atoms with Crippen molar-refractivity contribution in [1.82, 2.24) is 0 Å². The molecule has 3 aliphatic carbocycles. The zero-order valence-electron chi connectivity index (χ0n) is 25.5. The third-order valence-corrected chi connectivity index (χ3v) is 10.8. The van der Waals surface area contributed by atoms with Crippen molar-refractivity contribution < 1.29 is 0 Å². The Kier molecular flexibility index (Phi) is 9.31. The summed E-state index contributed by atoms with van der Waals surface area (Å²) in [6.45, 7) is 7.04. The lowest BCUT2D eigenvalue weighted by atomic mass is 9.61. The SMILES string of the molecule is CCCc1ccc2c(c1)C1(CCC(C)(N(C)c3cccc(Cl)c3)CC1)C(CCCCCC1=CC=C(CC)CC1)=C2. The van der Waals surface area contributed by atoms with E-state index in [1.54, 1.807) is 22.3 Å². The van der Waals surface area contributed by atoms with Gasteiger partial charge in [-0.1, -0.05) is 97.5 Å². The van der Waals surface area contributed by atoms with Crippen molar-refractivity contribution in [2.24, 2.45) is 0 Å². The molecule has 0 atom stereocenters. The average molecular weight is 556 g/mol. The zero-order valence-corrected chi connectivity index (χ0v) is 26.3. The summed E-state index contributed by atoms with van der Waals surface area (Å²) in [4.78, 5) is 2.50. The van der Waals surface area contributed by atoms with Crippen LogP contribution in [-0.4, -0.2) is 12.6 Å². The summed E-state index contributed by atoms with van der Waals surface area (Å²) in [7, 11) is 2.27. The molecule has 0 unspecified atom stereocenters. The molecular weight excluding hydrogens is 506 g/mol. The Morgan fingerprint density at radius 3 is 2.27 bits per heavy atom. The molecule has 0 heterocycles. The van der Waals surface area contributed by atoms with Crippen LogP contribution in [0.2, 0.25) is 5.02 Å². The lowest BCUT2D eigenvalue weighted by Crippen LogP contribution is -2.50. The fourth-order valence-corrected chi connectivity index (χ4v) is 7.79. The van der Waals surface area contributed by atoms with Crippen molar-refractivity contribution >= 4 is 23.4 Å². The van der Waals surface area contributed by atoms with E-state index < -0.39 is 0 Å². The van der Waals surface area contributed by atoms with Gasteiger partial charge >= 0.3 is 0 Å². The molecule has 2 aromatic carbocycles. The Balaban J connectivity index is 1.28. The van der Waals surface area contributed by atoms with Gasteiger partial charge in [-0.05, 0) is 119 Å². The van der Waals surface area contributed by atoms with Gasteiger partial charge in [0.15, 0.2) is 0 Å². The summed E-state index contributed by atoms with van der Waals surface area (Å²) in [5.41, 5.74) is 11.2. The number of hydrogen-bond acceptors (Lipinski definition) is 1. The van der Waals surface area contributed by atoms with Gasteiger partial charge in [-0.3, -0.25) is 0 Å². The Morgan fingerprint density at radius 2 is 1.57 bits per heavy atom. The fraction of sp³-hybridized carbons (Fsp3) is 0.526. The van der Waals surface area contributed by atoms with Crippen LogP contribution >= 0.6 is 11.6 Å². The average Bonchev–Trinajstić information content (AvgIpc) is 3.26. The van der Waals surface area contributed by atoms with Crippen LogP contribution < -0.4 is 4.90 Å². The van der Waals surface area contributed by atoms with Crippen LogP contribution in [0.25, 0.3) is 6.08 Å². The van der Waals surface area contributed by atoms with E-state index in [1.807, 2.05) is 6.07 Å². The van der Waals surface area contributed by atoms with E-state index in [0.29, 0.717) is 0 Å². The molecule has 0 radical (unpaired) electrons. The molecule has 40 heavy (non-hydrogen) atoms. The van der Waals surface area contributed by atoms with Crippen molar-refractivity contribution in [2.75, 3.05) is 11.9 Å². The molecular formula is C38H50ClN. The number of unbranched alkanes of at least 4 members (excludes halogenated alkanes) is 2. The van der Waals surface area contributed by atoms with Crippen LogP contribution in [0.5, 0.6) is 0 Å². The predicted octanol–water partition coefficient (Wildman–Crippen LogP) is 11.4. The number of benzene rings is 2. The van der Waals surface area contributed by atoms with Crippen LogP contribution in [0.1, 0.15) is 121 Å². The highest BCUT2D eigenvalue weighted by molar-refractivity contribution is 6.30. The monoisotopic (exact) mass is 555 g/mol. The maximum absolute atomic E-state index is 6.37.